The van der Waals surface area contributed by atoms with Gasteiger partial charge in [-0.3, -0.25) is 0 Å². The van der Waals surface area contributed by atoms with Crippen LogP contribution in [0.15, 0.2) is 12.2 Å². The van der Waals surface area contributed by atoms with E-state index in [2.05, 4.69) is 13.0 Å². The lowest BCUT2D eigenvalue weighted by molar-refractivity contribution is 0.108. The summed E-state index contributed by atoms with van der Waals surface area (Å²) < 4.78 is 0. The number of allylic oxidation sites excluding steroid dienone is 1. The fraction of sp³-hybridized carbons (Fsp3) is 0.750. The Labute approximate surface area is 57.4 Å². The molecule has 9 heavy (non-hydrogen) atoms. The predicted molar refractivity (Wildman–Crippen MR) is 38.8 cm³/mol. The molecule has 0 aliphatic carbocycles. The van der Waals surface area contributed by atoms with Gasteiger partial charge in [0.15, 0.2) is 0 Å². The molecule has 0 aliphatic rings. The quantitative estimate of drug-likeness (QED) is 0.517. The molecule has 0 bridgehead atoms. The zero-order valence-corrected chi connectivity index (χ0v) is 6.26. The third-order valence-electron chi connectivity index (χ3n) is 1.09. The normalized spacial score (nSPS) is 14.6. The zero-order chi connectivity index (χ0) is 7.11. The van der Waals surface area contributed by atoms with Gasteiger partial charge in [-0.2, -0.15) is 0 Å². The van der Waals surface area contributed by atoms with Gasteiger partial charge in [-0.05, 0) is 19.8 Å². The Morgan fingerprint density at radius 1 is 1.44 bits per heavy atom. The molecule has 0 aliphatic heterocycles. The summed E-state index contributed by atoms with van der Waals surface area (Å²) in [5, 5.41) is 10.4. The maximum atomic E-state index is 10.4. The van der Waals surface area contributed by atoms with Crippen LogP contribution in [0.1, 0.15) is 33.1 Å². The molecule has 0 heterocycles. The van der Waals surface area contributed by atoms with Crippen LogP contribution in [-0.2, 0) is 5.11 Å². The topological polar surface area (TPSA) is 19.9 Å². The Bertz CT molecular complexity index is 74.6. The Balaban J connectivity index is 3.04. The molecule has 0 rings (SSSR count). The van der Waals surface area contributed by atoms with Gasteiger partial charge in [0.05, 0.1) is 6.10 Å². The first kappa shape index (κ1) is 8.70. The van der Waals surface area contributed by atoms with E-state index in [9.17, 15) is 5.11 Å². The molecule has 0 aromatic rings. The van der Waals surface area contributed by atoms with Crippen LogP contribution in [0.5, 0.6) is 0 Å². The summed E-state index contributed by atoms with van der Waals surface area (Å²) in [6.45, 7) is 3.82. The Kier molecular flexibility index (Phi) is 5.64. The van der Waals surface area contributed by atoms with E-state index in [-0.39, 0.29) is 0 Å². The molecule has 0 spiro atoms. The number of unbranched alkanes of at least 4 members (excludes halogenated alkanes) is 1. The Morgan fingerprint density at radius 2 is 2.11 bits per heavy atom. The van der Waals surface area contributed by atoms with E-state index in [1.807, 2.05) is 6.08 Å². The van der Waals surface area contributed by atoms with Gasteiger partial charge < -0.3 is 0 Å². The van der Waals surface area contributed by atoms with Gasteiger partial charge in [0.1, 0.15) is 0 Å². The molecule has 0 fully saturated rings. The molecule has 1 unspecified atom stereocenters. The van der Waals surface area contributed by atoms with E-state index in [1.54, 1.807) is 6.92 Å². The molecule has 0 aromatic carbocycles. The summed E-state index contributed by atoms with van der Waals surface area (Å²) in [6, 6.07) is 0. The van der Waals surface area contributed by atoms with Gasteiger partial charge in [0, 0.05) is 0 Å². The number of rotatable bonds is 4. The fourth-order valence-electron chi connectivity index (χ4n) is 0.572. The van der Waals surface area contributed by atoms with Gasteiger partial charge in [-0.1, -0.05) is 25.5 Å². The van der Waals surface area contributed by atoms with E-state index in [4.69, 9.17) is 0 Å². The van der Waals surface area contributed by atoms with Crippen LogP contribution in [0.2, 0.25) is 0 Å². The minimum atomic E-state index is -0.432. The monoisotopic (exact) mass is 127 g/mol. The van der Waals surface area contributed by atoms with Crippen LogP contribution in [0, 0.1) is 0 Å². The van der Waals surface area contributed by atoms with Crippen LogP contribution in [0.4, 0.5) is 0 Å². The summed E-state index contributed by atoms with van der Waals surface area (Å²) in [6.07, 6.45) is 6.57. The average Bonchev–Trinajstić information content (AvgIpc) is 1.80. The predicted octanol–water partition coefficient (Wildman–Crippen LogP) is 2.55. The van der Waals surface area contributed by atoms with Crippen molar-refractivity contribution in [2.75, 3.05) is 0 Å². The second-order valence-corrected chi connectivity index (χ2v) is 2.31. The zero-order valence-electron chi connectivity index (χ0n) is 6.26. The molecule has 0 saturated heterocycles. The van der Waals surface area contributed by atoms with Gasteiger partial charge in [0.2, 0.25) is 0 Å². The Morgan fingerprint density at radius 3 is 2.56 bits per heavy atom. The fourth-order valence-corrected chi connectivity index (χ4v) is 0.572. The molecule has 53 valence electrons. The maximum Gasteiger partial charge on any atom is 0.0936 e. The van der Waals surface area contributed by atoms with Crippen LogP contribution in [0.3, 0.4) is 0 Å². The van der Waals surface area contributed by atoms with Crippen molar-refractivity contribution in [3.05, 3.63) is 12.2 Å². The molecule has 0 amide bonds. The summed E-state index contributed by atoms with van der Waals surface area (Å²) >= 11 is 0. The number of hydrogen-bond acceptors (Lipinski definition) is 0. The highest BCUT2D eigenvalue weighted by Crippen LogP contribution is 1.94. The van der Waals surface area contributed by atoms with E-state index >= 15 is 0 Å². The van der Waals surface area contributed by atoms with Crippen molar-refractivity contribution in [3.8, 4) is 0 Å². The van der Waals surface area contributed by atoms with Crippen molar-refractivity contribution in [3.63, 3.8) is 0 Å². The van der Waals surface area contributed by atoms with Gasteiger partial charge in [0.25, 0.3) is 0 Å². The first-order valence-corrected chi connectivity index (χ1v) is 3.58. The van der Waals surface area contributed by atoms with Crippen molar-refractivity contribution in [2.24, 2.45) is 0 Å². The lowest BCUT2D eigenvalue weighted by Gasteiger charge is -1.91. The van der Waals surface area contributed by atoms with Crippen molar-refractivity contribution in [1.82, 2.24) is 0 Å². The maximum absolute atomic E-state index is 10.4. The first-order chi connectivity index (χ1) is 4.27. The lowest BCUT2D eigenvalue weighted by Crippen LogP contribution is -1.92. The van der Waals surface area contributed by atoms with Crippen LogP contribution >= 0.6 is 0 Å². The highest BCUT2D eigenvalue weighted by molar-refractivity contribution is 4.82. The van der Waals surface area contributed by atoms with Gasteiger partial charge in [-0.15, -0.1) is 0 Å². The molecule has 1 radical (unpaired) electrons. The standard InChI is InChI=1S/C8H15O/c1-3-4-5-6-7-8(2)9/h5-6,8H,3-4,7H2,1-2H3/b6-5+. The summed E-state index contributed by atoms with van der Waals surface area (Å²) in [5.41, 5.74) is 0. The lowest BCUT2D eigenvalue weighted by atomic mass is 10.2. The van der Waals surface area contributed by atoms with Crippen LogP contribution in [-0.4, -0.2) is 6.10 Å². The average molecular weight is 127 g/mol. The van der Waals surface area contributed by atoms with Crippen molar-refractivity contribution in [2.45, 2.75) is 39.2 Å². The molecule has 0 aromatic heterocycles. The summed E-state index contributed by atoms with van der Waals surface area (Å²) in [4.78, 5) is 0. The molecular weight excluding hydrogens is 112 g/mol. The third kappa shape index (κ3) is 7.70. The molecule has 1 nitrogen and oxygen atoms in total. The van der Waals surface area contributed by atoms with Crippen molar-refractivity contribution in [1.29, 1.82) is 0 Å². The summed E-state index contributed by atoms with van der Waals surface area (Å²) in [5.74, 6) is 0. The summed E-state index contributed by atoms with van der Waals surface area (Å²) in [7, 11) is 0. The van der Waals surface area contributed by atoms with E-state index in [0.29, 0.717) is 6.42 Å². The third-order valence-corrected chi connectivity index (χ3v) is 1.09. The Hall–Kier alpha value is -0.300. The van der Waals surface area contributed by atoms with Gasteiger partial charge in [-0.25, -0.2) is 5.11 Å². The van der Waals surface area contributed by atoms with E-state index < -0.39 is 6.10 Å². The molecular formula is C8H15O. The van der Waals surface area contributed by atoms with Gasteiger partial charge >= 0.3 is 0 Å². The highest BCUT2D eigenvalue weighted by atomic mass is 16.3. The molecule has 0 N–H and O–H groups in total. The van der Waals surface area contributed by atoms with Crippen molar-refractivity contribution >= 4 is 0 Å². The highest BCUT2D eigenvalue weighted by Gasteiger charge is 1.89. The first-order valence-electron chi connectivity index (χ1n) is 3.58. The minimum absolute atomic E-state index is 0.432. The second kappa shape index (κ2) is 5.83. The van der Waals surface area contributed by atoms with Crippen molar-refractivity contribution < 1.29 is 5.11 Å². The van der Waals surface area contributed by atoms with Crippen LogP contribution in [0.25, 0.3) is 0 Å². The van der Waals surface area contributed by atoms with E-state index in [1.165, 1.54) is 6.42 Å². The minimum Gasteiger partial charge on any atom is -0.233 e. The van der Waals surface area contributed by atoms with Crippen LogP contribution < -0.4 is 0 Å². The van der Waals surface area contributed by atoms with E-state index in [0.717, 1.165) is 6.42 Å². The molecule has 1 atom stereocenters. The second-order valence-electron chi connectivity index (χ2n) is 2.31. The molecule has 0 saturated carbocycles. The largest absolute Gasteiger partial charge is 0.233 e. The smallest absolute Gasteiger partial charge is 0.0936 e. The molecule has 1 heteroatoms. The number of hydrogen-bond donors (Lipinski definition) is 0. The SMILES string of the molecule is CCC/C=C/CC(C)[O].